The lowest BCUT2D eigenvalue weighted by molar-refractivity contribution is 0.350. The molecular formula is C14H22N2S. The van der Waals surface area contributed by atoms with Gasteiger partial charge >= 0.3 is 0 Å². The monoisotopic (exact) mass is 250 g/mol. The second-order valence-electron chi connectivity index (χ2n) is 5.12. The summed E-state index contributed by atoms with van der Waals surface area (Å²) >= 11 is 2.02. The molecule has 2 unspecified atom stereocenters. The van der Waals surface area contributed by atoms with Gasteiger partial charge < -0.3 is 10.2 Å². The molecule has 1 N–H and O–H groups in total. The van der Waals surface area contributed by atoms with E-state index in [4.69, 9.17) is 0 Å². The molecule has 3 heteroatoms. The average Bonchev–Trinajstić information content (AvgIpc) is 2.68. The molecule has 0 saturated carbocycles. The molecule has 1 heterocycles. The van der Waals surface area contributed by atoms with Crippen LogP contribution in [0, 0.1) is 0 Å². The van der Waals surface area contributed by atoms with Crippen LogP contribution in [-0.2, 0) is 6.42 Å². The number of nitrogens with one attached hydrogen (secondary N) is 1. The predicted octanol–water partition coefficient (Wildman–Crippen LogP) is 2.24. The number of hydrogen-bond acceptors (Lipinski definition) is 3. The van der Waals surface area contributed by atoms with E-state index in [1.807, 2.05) is 11.8 Å². The summed E-state index contributed by atoms with van der Waals surface area (Å²) < 4.78 is 0. The smallest absolute Gasteiger partial charge is 0.0260 e. The van der Waals surface area contributed by atoms with Crippen LogP contribution < -0.4 is 5.32 Å². The molecule has 2 atom stereocenters. The summed E-state index contributed by atoms with van der Waals surface area (Å²) in [7, 11) is 4.25. The van der Waals surface area contributed by atoms with Crippen LogP contribution in [0.5, 0.6) is 0 Å². The van der Waals surface area contributed by atoms with E-state index in [1.165, 1.54) is 16.9 Å². The molecule has 0 amide bonds. The number of hydrogen-bond donors (Lipinski definition) is 1. The van der Waals surface area contributed by atoms with Crippen LogP contribution in [0.1, 0.15) is 12.5 Å². The summed E-state index contributed by atoms with van der Waals surface area (Å²) in [5.74, 6) is 0. The van der Waals surface area contributed by atoms with E-state index in [1.54, 1.807) is 0 Å². The fraction of sp³-hybridized carbons (Fsp3) is 0.571. The fourth-order valence-corrected chi connectivity index (χ4v) is 3.57. The maximum atomic E-state index is 3.63. The van der Waals surface area contributed by atoms with Crippen LogP contribution in [0.15, 0.2) is 29.2 Å². The summed E-state index contributed by atoms with van der Waals surface area (Å²) in [5.41, 5.74) is 1.52. The van der Waals surface area contributed by atoms with E-state index >= 15 is 0 Å². The minimum atomic E-state index is 0.564. The van der Waals surface area contributed by atoms with Gasteiger partial charge in [0.2, 0.25) is 0 Å². The Kier molecular flexibility index (Phi) is 4.48. The van der Waals surface area contributed by atoms with E-state index in [0.717, 1.165) is 13.1 Å². The minimum Gasteiger partial charge on any atom is -0.312 e. The van der Waals surface area contributed by atoms with Gasteiger partial charge in [0.05, 0.1) is 0 Å². The molecular weight excluding hydrogens is 228 g/mol. The predicted molar refractivity (Wildman–Crippen MR) is 75.8 cm³/mol. The van der Waals surface area contributed by atoms with Gasteiger partial charge in [0.1, 0.15) is 0 Å². The summed E-state index contributed by atoms with van der Waals surface area (Å²) in [6.45, 7) is 4.46. The van der Waals surface area contributed by atoms with Crippen molar-refractivity contribution in [2.45, 2.75) is 29.5 Å². The van der Waals surface area contributed by atoms with Gasteiger partial charge in [-0.25, -0.2) is 0 Å². The molecule has 0 aliphatic carbocycles. The third kappa shape index (κ3) is 3.73. The lowest BCUT2D eigenvalue weighted by atomic mass is 10.1. The van der Waals surface area contributed by atoms with Gasteiger partial charge in [-0.05, 0) is 39.1 Å². The second-order valence-corrected chi connectivity index (χ2v) is 6.47. The lowest BCUT2D eigenvalue weighted by Crippen LogP contribution is -2.39. The van der Waals surface area contributed by atoms with Gasteiger partial charge in [0, 0.05) is 29.3 Å². The van der Waals surface area contributed by atoms with Crippen LogP contribution in [-0.4, -0.2) is 43.4 Å². The van der Waals surface area contributed by atoms with Gasteiger partial charge in [0.25, 0.3) is 0 Å². The molecule has 1 aliphatic heterocycles. The first-order valence-corrected chi connectivity index (χ1v) is 7.16. The molecule has 1 aromatic rings. The molecule has 0 fully saturated rings. The highest BCUT2D eigenvalue weighted by Gasteiger charge is 2.21. The largest absolute Gasteiger partial charge is 0.312 e. The molecule has 0 aromatic heterocycles. The second kappa shape index (κ2) is 5.89. The van der Waals surface area contributed by atoms with Gasteiger partial charge in [0.15, 0.2) is 0 Å². The zero-order valence-corrected chi connectivity index (χ0v) is 11.8. The maximum absolute atomic E-state index is 3.63. The van der Waals surface area contributed by atoms with E-state index in [-0.39, 0.29) is 0 Å². The van der Waals surface area contributed by atoms with Gasteiger partial charge in [-0.1, -0.05) is 18.2 Å². The molecule has 0 spiro atoms. The van der Waals surface area contributed by atoms with Crippen molar-refractivity contribution in [3.63, 3.8) is 0 Å². The Labute approximate surface area is 109 Å². The average molecular weight is 250 g/mol. The Hall–Kier alpha value is -0.510. The lowest BCUT2D eigenvalue weighted by Gasteiger charge is -2.20. The highest BCUT2D eigenvalue weighted by Crippen LogP contribution is 2.36. The first kappa shape index (κ1) is 12.9. The summed E-state index contributed by atoms with van der Waals surface area (Å²) in [6, 6.07) is 9.34. The molecule has 0 radical (unpaired) electrons. The van der Waals surface area contributed by atoms with E-state index in [2.05, 4.69) is 55.5 Å². The molecule has 17 heavy (non-hydrogen) atoms. The Bertz CT molecular complexity index is 340. The summed E-state index contributed by atoms with van der Waals surface area (Å²) in [4.78, 5) is 3.70. The normalized spacial score (nSPS) is 20.6. The van der Waals surface area contributed by atoms with Crippen molar-refractivity contribution in [1.29, 1.82) is 0 Å². The van der Waals surface area contributed by atoms with Crippen LogP contribution in [0.25, 0.3) is 0 Å². The Balaban J connectivity index is 1.76. The van der Waals surface area contributed by atoms with Crippen molar-refractivity contribution < 1.29 is 0 Å². The van der Waals surface area contributed by atoms with Crippen LogP contribution in [0.4, 0.5) is 0 Å². The zero-order valence-electron chi connectivity index (χ0n) is 10.9. The van der Waals surface area contributed by atoms with E-state index in [0.29, 0.717) is 11.3 Å². The highest BCUT2D eigenvalue weighted by molar-refractivity contribution is 8.00. The van der Waals surface area contributed by atoms with Crippen LogP contribution in [0.3, 0.4) is 0 Å². The van der Waals surface area contributed by atoms with Crippen molar-refractivity contribution in [2.24, 2.45) is 0 Å². The molecule has 2 rings (SSSR count). The number of thioether (sulfide) groups is 1. The minimum absolute atomic E-state index is 0.564. The van der Waals surface area contributed by atoms with Crippen LogP contribution >= 0.6 is 11.8 Å². The summed E-state index contributed by atoms with van der Waals surface area (Å²) in [6.07, 6.45) is 1.21. The third-order valence-electron chi connectivity index (χ3n) is 3.05. The van der Waals surface area contributed by atoms with Crippen molar-refractivity contribution in [3.8, 4) is 0 Å². The van der Waals surface area contributed by atoms with Crippen molar-refractivity contribution >= 4 is 11.8 Å². The Morgan fingerprint density at radius 2 is 2.18 bits per heavy atom. The molecule has 1 aliphatic rings. The van der Waals surface area contributed by atoms with Crippen molar-refractivity contribution in [2.75, 3.05) is 27.2 Å². The Morgan fingerprint density at radius 1 is 1.41 bits per heavy atom. The SMILES string of the molecule is CC(CN(C)C)NCC1Cc2ccccc2S1. The quantitative estimate of drug-likeness (QED) is 0.863. The van der Waals surface area contributed by atoms with Crippen molar-refractivity contribution in [3.05, 3.63) is 29.8 Å². The van der Waals surface area contributed by atoms with E-state index < -0.39 is 0 Å². The number of nitrogens with zero attached hydrogens (tertiary/aromatic N) is 1. The van der Waals surface area contributed by atoms with E-state index in [9.17, 15) is 0 Å². The standard InChI is InChI=1S/C14H22N2S/c1-11(10-16(2)3)15-9-13-8-12-6-4-5-7-14(12)17-13/h4-7,11,13,15H,8-10H2,1-3H3. The maximum Gasteiger partial charge on any atom is 0.0260 e. The fourth-order valence-electron chi connectivity index (χ4n) is 2.31. The molecule has 1 aromatic carbocycles. The van der Waals surface area contributed by atoms with Gasteiger partial charge in [-0.15, -0.1) is 11.8 Å². The number of benzene rings is 1. The number of fused-ring (bicyclic) bond motifs is 1. The van der Waals surface area contributed by atoms with Crippen molar-refractivity contribution in [1.82, 2.24) is 10.2 Å². The first-order valence-electron chi connectivity index (χ1n) is 6.28. The van der Waals surface area contributed by atoms with Gasteiger partial charge in [-0.3, -0.25) is 0 Å². The zero-order chi connectivity index (χ0) is 12.3. The Morgan fingerprint density at radius 3 is 2.88 bits per heavy atom. The molecule has 0 saturated heterocycles. The highest BCUT2D eigenvalue weighted by atomic mass is 32.2. The molecule has 0 bridgehead atoms. The van der Waals surface area contributed by atoms with Crippen LogP contribution in [0.2, 0.25) is 0 Å². The number of likely N-dealkylation sites (N-methyl/N-ethyl adjacent to an activating group) is 1. The molecule has 94 valence electrons. The van der Waals surface area contributed by atoms with Gasteiger partial charge in [-0.2, -0.15) is 0 Å². The number of rotatable bonds is 5. The topological polar surface area (TPSA) is 15.3 Å². The molecule has 2 nitrogen and oxygen atoms in total. The summed E-state index contributed by atoms with van der Waals surface area (Å²) in [5, 5.41) is 4.33. The third-order valence-corrected chi connectivity index (χ3v) is 4.37. The first-order chi connectivity index (χ1) is 8.15.